The van der Waals surface area contributed by atoms with E-state index in [1.54, 1.807) is 43.0 Å². The molecule has 1 saturated heterocycles. The van der Waals surface area contributed by atoms with Crippen molar-refractivity contribution in [2.24, 2.45) is 0 Å². The lowest BCUT2D eigenvalue weighted by atomic mass is 10.2. The standard InChI is InChI=1S/C24H27FN2O4S2/c1-29-19-11-12-20(30-2)23-22(19)26-24(33-23)27(15-17-5-3-13-31-17)21(28)6-4-14-32-18-9-7-16(25)8-10-18/h7-12,17H,3-6,13-15H2,1-2H3. The number of hydrogen-bond donors (Lipinski definition) is 0. The number of carbonyl (C=O) groups excluding carboxylic acids is 1. The number of amides is 1. The molecule has 6 nitrogen and oxygen atoms in total. The Kier molecular flexibility index (Phi) is 8.06. The van der Waals surface area contributed by atoms with Crippen LogP contribution in [0.2, 0.25) is 0 Å². The number of halogens is 1. The molecule has 3 aromatic rings. The third-order valence-corrected chi connectivity index (χ3v) is 7.65. The summed E-state index contributed by atoms with van der Waals surface area (Å²) >= 11 is 3.04. The van der Waals surface area contributed by atoms with Gasteiger partial charge in [-0.15, -0.1) is 11.8 Å². The highest BCUT2D eigenvalue weighted by Crippen LogP contribution is 2.40. The first-order chi connectivity index (χ1) is 16.1. The lowest BCUT2D eigenvalue weighted by molar-refractivity contribution is -0.119. The van der Waals surface area contributed by atoms with Gasteiger partial charge in [-0.05, 0) is 61.4 Å². The second-order valence-corrected chi connectivity index (χ2v) is 9.84. The second-order valence-electron chi connectivity index (χ2n) is 7.69. The fourth-order valence-corrected chi connectivity index (χ4v) is 5.70. The molecule has 0 aliphatic carbocycles. The third kappa shape index (κ3) is 5.77. The van der Waals surface area contributed by atoms with E-state index in [-0.39, 0.29) is 17.8 Å². The SMILES string of the molecule is COc1ccc(OC)c2sc(N(CC3CCCO3)C(=O)CCCSc3ccc(F)cc3)nc12. The van der Waals surface area contributed by atoms with Gasteiger partial charge in [0.2, 0.25) is 5.91 Å². The minimum Gasteiger partial charge on any atom is -0.495 e. The monoisotopic (exact) mass is 490 g/mol. The third-order valence-electron chi connectivity index (χ3n) is 5.46. The molecule has 2 aromatic carbocycles. The van der Waals surface area contributed by atoms with Crippen LogP contribution in [0.15, 0.2) is 41.3 Å². The van der Waals surface area contributed by atoms with Gasteiger partial charge in [-0.3, -0.25) is 9.69 Å². The van der Waals surface area contributed by atoms with E-state index in [4.69, 9.17) is 19.2 Å². The van der Waals surface area contributed by atoms with Crippen LogP contribution >= 0.6 is 23.1 Å². The molecule has 1 unspecified atom stereocenters. The quantitative estimate of drug-likeness (QED) is 0.275. The number of fused-ring (bicyclic) bond motifs is 1. The van der Waals surface area contributed by atoms with E-state index in [1.165, 1.54) is 23.5 Å². The van der Waals surface area contributed by atoms with E-state index >= 15 is 0 Å². The Hall–Kier alpha value is -2.36. The predicted octanol–water partition coefficient (Wildman–Crippen LogP) is 5.54. The maximum Gasteiger partial charge on any atom is 0.228 e. The van der Waals surface area contributed by atoms with Gasteiger partial charge in [0.15, 0.2) is 5.13 Å². The zero-order chi connectivity index (χ0) is 23.2. The molecule has 176 valence electrons. The van der Waals surface area contributed by atoms with Crippen LogP contribution in [0.3, 0.4) is 0 Å². The van der Waals surface area contributed by atoms with Crippen molar-refractivity contribution in [3.05, 3.63) is 42.2 Å². The number of nitrogens with zero attached hydrogens (tertiary/aromatic N) is 2. The van der Waals surface area contributed by atoms with Crippen molar-refractivity contribution in [2.45, 2.75) is 36.7 Å². The van der Waals surface area contributed by atoms with Gasteiger partial charge in [-0.1, -0.05) is 11.3 Å². The Labute approximate surface area is 201 Å². The molecule has 1 atom stereocenters. The first kappa shape index (κ1) is 23.8. The van der Waals surface area contributed by atoms with Crippen molar-refractivity contribution >= 4 is 44.4 Å². The Balaban J connectivity index is 1.49. The van der Waals surface area contributed by atoms with Crippen molar-refractivity contribution in [1.82, 2.24) is 4.98 Å². The van der Waals surface area contributed by atoms with Gasteiger partial charge < -0.3 is 14.2 Å². The maximum atomic E-state index is 13.3. The van der Waals surface area contributed by atoms with Gasteiger partial charge in [0, 0.05) is 17.9 Å². The number of anilines is 1. The molecule has 33 heavy (non-hydrogen) atoms. The Bertz CT molecular complexity index is 1040. The normalized spacial score (nSPS) is 15.7. The summed E-state index contributed by atoms with van der Waals surface area (Å²) in [6, 6.07) is 10.1. The number of thiazole rings is 1. The lowest BCUT2D eigenvalue weighted by Crippen LogP contribution is -2.37. The summed E-state index contributed by atoms with van der Waals surface area (Å²) in [5.74, 6) is 1.89. The largest absolute Gasteiger partial charge is 0.495 e. The minimum atomic E-state index is -0.247. The molecule has 1 amide bonds. The van der Waals surface area contributed by atoms with Crippen molar-refractivity contribution in [3.63, 3.8) is 0 Å². The molecule has 1 aliphatic rings. The highest BCUT2D eigenvalue weighted by atomic mass is 32.2. The van der Waals surface area contributed by atoms with Crippen molar-refractivity contribution in [2.75, 3.05) is 38.0 Å². The summed E-state index contributed by atoms with van der Waals surface area (Å²) in [6.45, 7) is 1.21. The summed E-state index contributed by atoms with van der Waals surface area (Å²) in [5, 5.41) is 0.625. The Morgan fingerprint density at radius 3 is 2.67 bits per heavy atom. The van der Waals surface area contributed by atoms with Gasteiger partial charge >= 0.3 is 0 Å². The molecule has 0 spiro atoms. The fraction of sp³-hybridized carbons (Fsp3) is 0.417. The molecule has 0 saturated carbocycles. The zero-order valence-electron chi connectivity index (χ0n) is 18.7. The molecule has 0 bridgehead atoms. The van der Waals surface area contributed by atoms with Crippen LogP contribution in [-0.2, 0) is 9.53 Å². The van der Waals surface area contributed by atoms with Crippen molar-refractivity contribution < 1.29 is 23.4 Å². The first-order valence-corrected chi connectivity index (χ1v) is 12.7. The summed E-state index contributed by atoms with van der Waals surface area (Å²) in [5.41, 5.74) is 0.689. The van der Waals surface area contributed by atoms with Crippen LogP contribution < -0.4 is 14.4 Å². The maximum absolute atomic E-state index is 13.3. The highest BCUT2D eigenvalue weighted by molar-refractivity contribution is 7.99. The van der Waals surface area contributed by atoms with Crippen LogP contribution in [0, 0.1) is 5.82 Å². The summed E-state index contributed by atoms with van der Waals surface area (Å²) < 4.78 is 30.7. The summed E-state index contributed by atoms with van der Waals surface area (Å²) in [7, 11) is 3.23. The average Bonchev–Trinajstić information content (AvgIpc) is 3.50. The van der Waals surface area contributed by atoms with E-state index in [9.17, 15) is 9.18 Å². The molecule has 1 aliphatic heterocycles. The fourth-order valence-electron chi connectivity index (χ4n) is 3.75. The predicted molar refractivity (Wildman–Crippen MR) is 130 cm³/mol. The van der Waals surface area contributed by atoms with E-state index < -0.39 is 0 Å². The number of carbonyl (C=O) groups is 1. The van der Waals surface area contributed by atoms with E-state index in [2.05, 4.69) is 0 Å². The highest BCUT2D eigenvalue weighted by Gasteiger charge is 2.27. The lowest BCUT2D eigenvalue weighted by Gasteiger charge is -2.23. The Morgan fingerprint density at radius 1 is 1.21 bits per heavy atom. The van der Waals surface area contributed by atoms with Crippen LogP contribution in [0.4, 0.5) is 9.52 Å². The number of ether oxygens (including phenoxy) is 3. The number of rotatable bonds is 10. The molecule has 1 aromatic heterocycles. The Morgan fingerprint density at radius 2 is 1.97 bits per heavy atom. The van der Waals surface area contributed by atoms with Gasteiger partial charge in [0.1, 0.15) is 27.5 Å². The van der Waals surface area contributed by atoms with E-state index in [0.717, 1.165) is 34.8 Å². The second kappa shape index (κ2) is 11.2. The van der Waals surface area contributed by atoms with Crippen LogP contribution in [0.5, 0.6) is 11.5 Å². The molecular formula is C24H27FN2O4S2. The van der Waals surface area contributed by atoms with Crippen molar-refractivity contribution in [1.29, 1.82) is 0 Å². The van der Waals surface area contributed by atoms with Crippen LogP contribution in [0.1, 0.15) is 25.7 Å². The topological polar surface area (TPSA) is 60.9 Å². The minimum absolute atomic E-state index is 0.0124. The molecule has 0 radical (unpaired) electrons. The molecular weight excluding hydrogens is 463 g/mol. The first-order valence-electron chi connectivity index (χ1n) is 10.9. The molecule has 9 heteroatoms. The number of thioether (sulfide) groups is 1. The molecule has 4 rings (SSSR count). The molecule has 1 fully saturated rings. The number of benzene rings is 2. The van der Waals surface area contributed by atoms with Gasteiger partial charge in [-0.25, -0.2) is 9.37 Å². The molecule has 2 heterocycles. The molecule has 0 N–H and O–H groups in total. The average molecular weight is 491 g/mol. The summed E-state index contributed by atoms with van der Waals surface area (Å²) in [6.07, 6.45) is 3.05. The number of aromatic nitrogens is 1. The van der Waals surface area contributed by atoms with Crippen LogP contribution in [0.25, 0.3) is 10.2 Å². The van der Waals surface area contributed by atoms with Gasteiger partial charge in [0.05, 0.1) is 26.9 Å². The van der Waals surface area contributed by atoms with E-state index in [0.29, 0.717) is 41.5 Å². The van der Waals surface area contributed by atoms with Crippen molar-refractivity contribution in [3.8, 4) is 11.5 Å². The van der Waals surface area contributed by atoms with Gasteiger partial charge in [-0.2, -0.15) is 0 Å². The van der Waals surface area contributed by atoms with Gasteiger partial charge in [0.25, 0.3) is 0 Å². The number of methoxy groups -OCH3 is 2. The summed E-state index contributed by atoms with van der Waals surface area (Å²) in [4.78, 5) is 20.8. The zero-order valence-corrected chi connectivity index (χ0v) is 20.3. The smallest absolute Gasteiger partial charge is 0.228 e. The van der Waals surface area contributed by atoms with E-state index in [1.807, 2.05) is 12.1 Å². The van der Waals surface area contributed by atoms with Crippen LogP contribution in [-0.4, -0.2) is 50.1 Å². The number of hydrogen-bond acceptors (Lipinski definition) is 7.